The predicted octanol–water partition coefficient (Wildman–Crippen LogP) is 5.86. The molecule has 0 spiro atoms. The van der Waals surface area contributed by atoms with Crippen LogP contribution in [0.25, 0.3) is 0 Å². The molecule has 0 aliphatic heterocycles. The van der Waals surface area contributed by atoms with E-state index < -0.39 is 11.8 Å². The van der Waals surface area contributed by atoms with Crippen LogP contribution >= 0.6 is 0 Å². The van der Waals surface area contributed by atoms with Crippen LogP contribution in [0.15, 0.2) is 121 Å². The van der Waals surface area contributed by atoms with E-state index in [0.717, 1.165) is 0 Å². The standard InChI is InChI=1S/C34H28N6O4/c35-25-10-1-6-21(16-25)31(41)37-27-12-3-8-23(18-27)33(43)39-29-14-5-15-30(20-29)40-34(44)24-9-4-13-28(19-24)38-32(42)22-7-2-11-26(36)17-22/h1-20H,35-36H2,(H,37,41)(H,38,42)(H,39,43)(H,40,44). The van der Waals surface area contributed by atoms with Crippen molar-refractivity contribution < 1.29 is 19.2 Å². The summed E-state index contributed by atoms with van der Waals surface area (Å²) in [5, 5.41) is 11.1. The fraction of sp³-hybridized carbons (Fsp3) is 0. The first-order valence-electron chi connectivity index (χ1n) is 13.5. The van der Waals surface area contributed by atoms with Gasteiger partial charge < -0.3 is 32.7 Å². The van der Waals surface area contributed by atoms with Gasteiger partial charge in [-0.1, -0.05) is 30.3 Å². The quantitative estimate of drug-likeness (QED) is 0.125. The Kier molecular flexibility index (Phi) is 8.62. The van der Waals surface area contributed by atoms with Crippen molar-refractivity contribution in [3.8, 4) is 0 Å². The molecule has 0 aromatic heterocycles. The molecule has 5 aromatic carbocycles. The molecule has 0 saturated heterocycles. The average Bonchev–Trinajstić information content (AvgIpc) is 3.01. The summed E-state index contributed by atoms with van der Waals surface area (Å²) in [6.07, 6.45) is 0. The maximum atomic E-state index is 13.0. The van der Waals surface area contributed by atoms with E-state index in [-0.39, 0.29) is 11.8 Å². The van der Waals surface area contributed by atoms with Crippen molar-refractivity contribution in [1.82, 2.24) is 0 Å². The molecule has 5 aromatic rings. The highest BCUT2D eigenvalue weighted by atomic mass is 16.2. The molecule has 0 saturated carbocycles. The van der Waals surface area contributed by atoms with Gasteiger partial charge in [0.1, 0.15) is 0 Å². The molecule has 0 bridgehead atoms. The highest BCUT2D eigenvalue weighted by Crippen LogP contribution is 2.20. The van der Waals surface area contributed by atoms with Crippen molar-refractivity contribution >= 4 is 57.8 Å². The SMILES string of the molecule is Nc1cccc(C(=O)Nc2cccc(C(=O)Nc3cccc(NC(=O)c4cccc(NC(=O)c5cccc(N)c5)c4)c3)c2)c1. The molecule has 10 heteroatoms. The van der Waals surface area contributed by atoms with E-state index in [1.807, 2.05) is 0 Å². The van der Waals surface area contributed by atoms with Crippen molar-refractivity contribution in [3.05, 3.63) is 144 Å². The van der Waals surface area contributed by atoms with Gasteiger partial charge in [0.2, 0.25) is 0 Å². The van der Waals surface area contributed by atoms with Crippen molar-refractivity contribution in [2.45, 2.75) is 0 Å². The Morgan fingerprint density at radius 2 is 0.636 bits per heavy atom. The molecule has 0 aliphatic carbocycles. The van der Waals surface area contributed by atoms with E-state index >= 15 is 0 Å². The van der Waals surface area contributed by atoms with Gasteiger partial charge in [0.05, 0.1) is 0 Å². The van der Waals surface area contributed by atoms with Crippen LogP contribution in [0.2, 0.25) is 0 Å². The molecule has 218 valence electrons. The van der Waals surface area contributed by atoms with Gasteiger partial charge >= 0.3 is 0 Å². The van der Waals surface area contributed by atoms with Gasteiger partial charge in [-0.15, -0.1) is 0 Å². The molecule has 10 nitrogen and oxygen atoms in total. The lowest BCUT2D eigenvalue weighted by molar-refractivity contribution is 0.101. The van der Waals surface area contributed by atoms with Crippen LogP contribution in [0, 0.1) is 0 Å². The maximum absolute atomic E-state index is 13.0. The van der Waals surface area contributed by atoms with Crippen molar-refractivity contribution in [3.63, 3.8) is 0 Å². The minimum absolute atomic E-state index is 0.321. The monoisotopic (exact) mass is 584 g/mol. The molecule has 0 heterocycles. The lowest BCUT2D eigenvalue weighted by Crippen LogP contribution is -2.16. The molecule has 0 radical (unpaired) electrons. The summed E-state index contributed by atoms with van der Waals surface area (Å²) in [4.78, 5) is 51.2. The number of anilines is 6. The minimum atomic E-state index is -0.405. The van der Waals surface area contributed by atoms with Crippen molar-refractivity contribution in [1.29, 1.82) is 0 Å². The zero-order chi connectivity index (χ0) is 31.1. The summed E-state index contributed by atoms with van der Waals surface area (Å²) in [6, 6.07) is 32.9. The van der Waals surface area contributed by atoms with Gasteiger partial charge in [0.25, 0.3) is 23.6 Å². The molecular formula is C34H28N6O4. The first kappa shape index (κ1) is 29.1. The van der Waals surface area contributed by atoms with Crippen LogP contribution in [0.5, 0.6) is 0 Å². The van der Waals surface area contributed by atoms with E-state index in [0.29, 0.717) is 56.4 Å². The largest absolute Gasteiger partial charge is 0.399 e. The van der Waals surface area contributed by atoms with E-state index in [1.54, 1.807) is 121 Å². The average molecular weight is 585 g/mol. The Morgan fingerprint density at radius 3 is 0.977 bits per heavy atom. The van der Waals surface area contributed by atoms with Crippen LogP contribution in [0.1, 0.15) is 41.4 Å². The van der Waals surface area contributed by atoms with Crippen LogP contribution in [-0.2, 0) is 0 Å². The minimum Gasteiger partial charge on any atom is -0.399 e. The summed E-state index contributed by atoms with van der Waals surface area (Å²) in [6.45, 7) is 0. The zero-order valence-corrected chi connectivity index (χ0v) is 23.3. The predicted molar refractivity (Wildman–Crippen MR) is 173 cm³/mol. The second-order valence-electron chi connectivity index (χ2n) is 9.81. The highest BCUT2D eigenvalue weighted by Gasteiger charge is 2.13. The number of amides is 4. The third-order valence-electron chi connectivity index (χ3n) is 6.44. The Morgan fingerprint density at radius 1 is 0.364 bits per heavy atom. The number of benzene rings is 5. The number of nitrogens with one attached hydrogen (secondary N) is 4. The van der Waals surface area contributed by atoms with Gasteiger partial charge in [0, 0.05) is 56.4 Å². The highest BCUT2D eigenvalue weighted by molar-refractivity contribution is 6.09. The molecule has 0 atom stereocenters. The summed E-state index contributed by atoms with van der Waals surface area (Å²) >= 11 is 0. The third kappa shape index (κ3) is 7.45. The molecule has 0 unspecified atom stereocenters. The summed E-state index contributed by atoms with van der Waals surface area (Å²) in [5.41, 5.74) is 15.7. The van der Waals surface area contributed by atoms with Crippen molar-refractivity contribution in [2.75, 3.05) is 32.7 Å². The van der Waals surface area contributed by atoms with Crippen LogP contribution in [0.4, 0.5) is 34.1 Å². The van der Waals surface area contributed by atoms with Gasteiger partial charge in [0.15, 0.2) is 0 Å². The van der Waals surface area contributed by atoms with E-state index in [1.165, 1.54) is 0 Å². The number of carbonyl (C=O) groups excluding carboxylic acids is 4. The molecule has 0 aliphatic rings. The molecule has 5 rings (SSSR count). The normalized spacial score (nSPS) is 10.4. The van der Waals surface area contributed by atoms with Crippen molar-refractivity contribution in [2.24, 2.45) is 0 Å². The van der Waals surface area contributed by atoms with E-state index in [9.17, 15) is 19.2 Å². The molecule has 8 N–H and O–H groups in total. The van der Waals surface area contributed by atoms with Crippen LogP contribution in [0.3, 0.4) is 0 Å². The fourth-order valence-corrected chi connectivity index (χ4v) is 4.32. The lowest BCUT2D eigenvalue weighted by atomic mass is 10.1. The Balaban J connectivity index is 1.21. The second-order valence-corrected chi connectivity index (χ2v) is 9.81. The number of nitrogens with two attached hydrogens (primary N) is 2. The first-order valence-corrected chi connectivity index (χ1v) is 13.5. The number of nitrogen functional groups attached to an aromatic ring is 2. The van der Waals surface area contributed by atoms with E-state index in [4.69, 9.17) is 11.5 Å². The van der Waals surface area contributed by atoms with Crippen LogP contribution < -0.4 is 32.7 Å². The lowest BCUT2D eigenvalue weighted by Gasteiger charge is -2.11. The topological polar surface area (TPSA) is 168 Å². The fourth-order valence-electron chi connectivity index (χ4n) is 4.32. The molecule has 0 fully saturated rings. The third-order valence-corrected chi connectivity index (χ3v) is 6.44. The summed E-state index contributed by atoms with van der Waals surface area (Å²) < 4.78 is 0. The maximum Gasteiger partial charge on any atom is 0.255 e. The van der Waals surface area contributed by atoms with Gasteiger partial charge in [-0.3, -0.25) is 19.2 Å². The summed E-state index contributed by atoms with van der Waals surface area (Å²) in [7, 11) is 0. The van der Waals surface area contributed by atoms with E-state index in [2.05, 4.69) is 21.3 Å². The Labute approximate surface area is 253 Å². The van der Waals surface area contributed by atoms with Gasteiger partial charge in [-0.2, -0.15) is 0 Å². The smallest absolute Gasteiger partial charge is 0.255 e. The Hall–Kier alpha value is -6.42. The Bertz CT molecular complexity index is 1760. The molecular weight excluding hydrogens is 556 g/mol. The van der Waals surface area contributed by atoms with Gasteiger partial charge in [-0.25, -0.2) is 0 Å². The van der Waals surface area contributed by atoms with Crippen LogP contribution in [-0.4, -0.2) is 23.6 Å². The zero-order valence-electron chi connectivity index (χ0n) is 23.3. The number of carbonyl (C=O) groups is 4. The molecule has 4 amide bonds. The number of rotatable bonds is 8. The second kappa shape index (κ2) is 13.0. The number of hydrogen-bond acceptors (Lipinski definition) is 6. The molecule has 44 heavy (non-hydrogen) atoms. The van der Waals surface area contributed by atoms with Gasteiger partial charge in [-0.05, 0) is 91.0 Å². The summed E-state index contributed by atoms with van der Waals surface area (Å²) in [5.74, 6) is -1.52. The first-order chi connectivity index (χ1) is 21.2. The number of hydrogen-bond donors (Lipinski definition) is 6.